The first-order valence-electron chi connectivity index (χ1n) is 8.66. The number of para-hydroxylation sites is 1. The molecule has 3 aromatic carbocycles. The van der Waals surface area contributed by atoms with Gasteiger partial charge in [-0.3, -0.25) is 4.57 Å². The van der Waals surface area contributed by atoms with Crippen molar-refractivity contribution < 1.29 is 0 Å². The fourth-order valence-electron chi connectivity index (χ4n) is 2.90. The standard InChI is InChI=1S/C22H18ClN3S/c1-16-8-7-10-17(14-16)21-24-25-22(26(21)19-11-3-2-4-12-19)27-15-18-9-5-6-13-20(18)23/h2-14H,15H2,1H3. The predicted molar refractivity (Wildman–Crippen MR) is 113 cm³/mol. The van der Waals surface area contributed by atoms with Crippen LogP contribution in [0.4, 0.5) is 0 Å². The Hall–Kier alpha value is -2.56. The minimum absolute atomic E-state index is 0.735. The summed E-state index contributed by atoms with van der Waals surface area (Å²) in [6, 6.07) is 26.4. The zero-order chi connectivity index (χ0) is 18.6. The Morgan fingerprint density at radius 2 is 1.67 bits per heavy atom. The Bertz CT molecular complexity index is 1060. The number of benzene rings is 3. The molecule has 0 spiro atoms. The van der Waals surface area contributed by atoms with Crippen LogP contribution >= 0.6 is 23.4 Å². The second-order valence-corrected chi connectivity index (χ2v) is 7.58. The van der Waals surface area contributed by atoms with Crippen LogP contribution in [0.1, 0.15) is 11.1 Å². The highest BCUT2D eigenvalue weighted by molar-refractivity contribution is 7.98. The molecular formula is C22H18ClN3S. The van der Waals surface area contributed by atoms with Gasteiger partial charge in [-0.15, -0.1) is 10.2 Å². The summed E-state index contributed by atoms with van der Waals surface area (Å²) in [7, 11) is 0. The number of aromatic nitrogens is 3. The van der Waals surface area contributed by atoms with Crippen LogP contribution in [0.5, 0.6) is 0 Å². The number of aryl methyl sites for hydroxylation is 1. The lowest BCUT2D eigenvalue weighted by Gasteiger charge is -2.11. The first-order valence-corrected chi connectivity index (χ1v) is 10.0. The van der Waals surface area contributed by atoms with Crippen LogP contribution in [-0.2, 0) is 5.75 Å². The highest BCUT2D eigenvalue weighted by Gasteiger charge is 2.16. The predicted octanol–water partition coefficient (Wildman–Crippen LogP) is 6.19. The zero-order valence-electron chi connectivity index (χ0n) is 14.8. The first kappa shape index (κ1) is 17.8. The largest absolute Gasteiger partial charge is 0.270 e. The van der Waals surface area contributed by atoms with E-state index in [0.717, 1.165) is 38.6 Å². The molecule has 1 aromatic heterocycles. The van der Waals surface area contributed by atoms with E-state index >= 15 is 0 Å². The summed E-state index contributed by atoms with van der Waals surface area (Å²) in [6.45, 7) is 2.08. The molecule has 0 aliphatic rings. The number of nitrogens with zero attached hydrogens (tertiary/aromatic N) is 3. The Kier molecular flexibility index (Phi) is 5.28. The highest BCUT2D eigenvalue weighted by atomic mass is 35.5. The minimum atomic E-state index is 0.735. The second kappa shape index (κ2) is 7.99. The Morgan fingerprint density at radius 1 is 0.889 bits per heavy atom. The van der Waals surface area contributed by atoms with Gasteiger partial charge < -0.3 is 0 Å². The fraction of sp³-hybridized carbons (Fsp3) is 0.0909. The van der Waals surface area contributed by atoms with Crippen molar-refractivity contribution in [3.05, 3.63) is 95.0 Å². The molecule has 134 valence electrons. The topological polar surface area (TPSA) is 30.7 Å². The molecule has 1 heterocycles. The molecule has 0 aliphatic carbocycles. The van der Waals surface area contributed by atoms with Crippen molar-refractivity contribution in [2.45, 2.75) is 17.8 Å². The maximum Gasteiger partial charge on any atom is 0.196 e. The molecular weight excluding hydrogens is 374 g/mol. The van der Waals surface area contributed by atoms with Crippen LogP contribution in [0.15, 0.2) is 84.0 Å². The smallest absolute Gasteiger partial charge is 0.196 e. The molecule has 27 heavy (non-hydrogen) atoms. The molecule has 0 aliphatic heterocycles. The van der Waals surface area contributed by atoms with Gasteiger partial charge in [-0.25, -0.2) is 0 Å². The van der Waals surface area contributed by atoms with Gasteiger partial charge in [0.15, 0.2) is 11.0 Å². The van der Waals surface area contributed by atoms with Gasteiger partial charge in [0.25, 0.3) is 0 Å². The summed E-state index contributed by atoms with van der Waals surface area (Å²) in [5, 5.41) is 10.6. The molecule has 0 unspecified atom stereocenters. The van der Waals surface area contributed by atoms with Gasteiger partial charge >= 0.3 is 0 Å². The maximum atomic E-state index is 6.31. The number of rotatable bonds is 5. The van der Waals surface area contributed by atoms with Crippen LogP contribution in [0.3, 0.4) is 0 Å². The van der Waals surface area contributed by atoms with Crippen molar-refractivity contribution in [2.24, 2.45) is 0 Å². The average Bonchev–Trinajstić information content (AvgIpc) is 3.12. The molecule has 3 nitrogen and oxygen atoms in total. The molecule has 4 rings (SSSR count). The van der Waals surface area contributed by atoms with Gasteiger partial charge in [0.05, 0.1) is 0 Å². The summed E-state index contributed by atoms with van der Waals surface area (Å²) in [6.07, 6.45) is 0. The zero-order valence-corrected chi connectivity index (χ0v) is 16.4. The number of hydrogen-bond acceptors (Lipinski definition) is 3. The lowest BCUT2D eigenvalue weighted by molar-refractivity contribution is 0.886. The van der Waals surface area contributed by atoms with E-state index in [4.69, 9.17) is 11.6 Å². The second-order valence-electron chi connectivity index (χ2n) is 6.23. The molecule has 0 fully saturated rings. The van der Waals surface area contributed by atoms with Crippen LogP contribution in [0.25, 0.3) is 17.1 Å². The maximum absolute atomic E-state index is 6.31. The van der Waals surface area contributed by atoms with Gasteiger partial charge in [-0.05, 0) is 36.8 Å². The third kappa shape index (κ3) is 3.92. The SMILES string of the molecule is Cc1cccc(-c2nnc(SCc3ccccc3Cl)n2-c2ccccc2)c1. The van der Waals surface area contributed by atoms with E-state index in [9.17, 15) is 0 Å². The molecule has 4 aromatic rings. The Balaban J connectivity index is 1.75. The number of hydrogen-bond donors (Lipinski definition) is 0. The van der Waals surface area contributed by atoms with E-state index in [0.29, 0.717) is 0 Å². The van der Waals surface area contributed by atoms with Crippen LogP contribution in [0.2, 0.25) is 5.02 Å². The van der Waals surface area contributed by atoms with Gasteiger partial charge in [0.2, 0.25) is 0 Å². The summed E-state index contributed by atoms with van der Waals surface area (Å²) in [5.74, 6) is 1.57. The van der Waals surface area contributed by atoms with Crippen molar-refractivity contribution in [3.8, 4) is 17.1 Å². The number of halogens is 1. The van der Waals surface area contributed by atoms with Crippen molar-refractivity contribution in [1.82, 2.24) is 14.8 Å². The van der Waals surface area contributed by atoms with E-state index in [1.165, 1.54) is 5.56 Å². The molecule has 0 atom stereocenters. The van der Waals surface area contributed by atoms with Gasteiger partial charge in [0, 0.05) is 22.0 Å². The monoisotopic (exact) mass is 391 g/mol. The average molecular weight is 392 g/mol. The van der Waals surface area contributed by atoms with E-state index in [1.54, 1.807) is 11.8 Å². The van der Waals surface area contributed by atoms with Crippen molar-refractivity contribution >= 4 is 23.4 Å². The van der Waals surface area contributed by atoms with Crippen LogP contribution < -0.4 is 0 Å². The van der Waals surface area contributed by atoms with Crippen LogP contribution in [-0.4, -0.2) is 14.8 Å². The molecule has 0 radical (unpaired) electrons. The molecule has 0 amide bonds. The van der Waals surface area contributed by atoms with Crippen molar-refractivity contribution in [1.29, 1.82) is 0 Å². The van der Waals surface area contributed by atoms with E-state index < -0.39 is 0 Å². The molecule has 0 bridgehead atoms. The van der Waals surface area contributed by atoms with Crippen molar-refractivity contribution in [2.75, 3.05) is 0 Å². The van der Waals surface area contributed by atoms with Gasteiger partial charge in [-0.1, -0.05) is 83.5 Å². The van der Waals surface area contributed by atoms with E-state index in [1.807, 2.05) is 48.5 Å². The van der Waals surface area contributed by atoms with E-state index in [2.05, 4.69) is 52.0 Å². The molecule has 0 N–H and O–H groups in total. The molecule has 0 saturated carbocycles. The third-order valence-corrected chi connectivity index (χ3v) is 5.59. The summed E-state index contributed by atoms with van der Waals surface area (Å²) in [5.41, 5.74) is 4.38. The van der Waals surface area contributed by atoms with Crippen molar-refractivity contribution in [3.63, 3.8) is 0 Å². The fourth-order valence-corrected chi connectivity index (χ4v) is 4.14. The number of thioether (sulfide) groups is 1. The Morgan fingerprint density at radius 3 is 2.44 bits per heavy atom. The van der Waals surface area contributed by atoms with Gasteiger partial charge in [-0.2, -0.15) is 0 Å². The lowest BCUT2D eigenvalue weighted by atomic mass is 10.1. The highest BCUT2D eigenvalue weighted by Crippen LogP contribution is 2.31. The summed E-state index contributed by atoms with van der Waals surface area (Å²) < 4.78 is 2.11. The summed E-state index contributed by atoms with van der Waals surface area (Å²) in [4.78, 5) is 0. The third-order valence-electron chi connectivity index (χ3n) is 4.24. The van der Waals surface area contributed by atoms with E-state index in [-0.39, 0.29) is 0 Å². The normalized spacial score (nSPS) is 10.9. The summed E-state index contributed by atoms with van der Waals surface area (Å²) >= 11 is 7.94. The Labute approximate surface area is 168 Å². The first-order chi connectivity index (χ1) is 13.2. The molecule has 5 heteroatoms. The lowest BCUT2D eigenvalue weighted by Crippen LogP contribution is -1.99. The van der Waals surface area contributed by atoms with Gasteiger partial charge in [0.1, 0.15) is 0 Å². The quantitative estimate of drug-likeness (QED) is 0.380. The van der Waals surface area contributed by atoms with Crippen LogP contribution in [0, 0.1) is 6.92 Å². The minimum Gasteiger partial charge on any atom is -0.270 e. The molecule has 0 saturated heterocycles.